The number of nitrogens with zero attached hydrogens (tertiary/aromatic N) is 2. The van der Waals surface area contributed by atoms with E-state index >= 15 is 0 Å². The van der Waals surface area contributed by atoms with Gasteiger partial charge in [0.1, 0.15) is 0 Å². The van der Waals surface area contributed by atoms with Crippen LogP contribution in [0.2, 0.25) is 0 Å². The molecule has 1 aromatic carbocycles. The molecule has 0 radical (unpaired) electrons. The molecule has 2 aromatic rings. The van der Waals surface area contributed by atoms with E-state index in [1.54, 1.807) is 0 Å². The highest BCUT2D eigenvalue weighted by molar-refractivity contribution is 5.54. The third kappa shape index (κ3) is 2.54. The van der Waals surface area contributed by atoms with Crippen LogP contribution in [0.15, 0.2) is 28.7 Å². The van der Waals surface area contributed by atoms with Gasteiger partial charge in [-0.2, -0.15) is 0 Å². The molecule has 0 unspecified atom stereocenters. The Morgan fingerprint density at radius 2 is 1.76 bits per heavy atom. The second-order valence-electron chi connectivity index (χ2n) is 4.88. The van der Waals surface area contributed by atoms with Crippen molar-refractivity contribution in [3.8, 4) is 11.5 Å². The van der Waals surface area contributed by atoms with Gasteiger partial charge in [0.2, 0.25) is 11.8 Å². The first kappa shape index (κ1) is 11.8. The van der Waals surface area contributed by atoms with Crippen molar-refractivity contribution < 1.29 is 4.42 Å². The second kappa shape index (κ2) is 4.70. The average Bonchev–Trinajstić information content (AvgIpc) is 2.78. The van der Waals surface area contributed by atoms with Crippen molar-refractivity contribution in [2.75, 3.05) is 0 Å². The molecule has 0 saturated carbocycles. The summed E-state index contributed by atoms with van der Waals surface area (Å²) in [6, 6.07) is 8.27. The van der Waals surface area contributed by atoms with Crippen LogP contribution in [-0.2, 0) is 0 Å². The van der Waals surface area contributed by atoms with Crippen LogP contribution >= 0.6 is 0 Å². The molecular formula is C14H18N2O. The molecule has 0 aliphatic heterocycles. The maximum atomic E-state index is 5.64. The summed E-state index contributed by atoms with van der Waals surface area (Å²) < 4.78 is 5.64. The highest BCUT2D eigenvalue weighted by Gasteiger charge is 2.11. The quantitative estimate of drug-likeness (QED) is 0.800. The van der Waals surface area contributed by atoms with Gasteiger partial charge in [0, 0.05) is 11.5 Å². The highest BCUT2D eigenvalue weighted by Crippen LogP contribution is 2.24. The van der Waals surface area contributed by atoms with Gasteiger partial charge in [0.25, 0.3) is 0 Å². The lowest BCUT2D eigenvalue weighted by molar-refractivity contribution is 0.481. The van der Waals surface area contributed by atoms with Gasteiger partial charge >= 0.3 is 0 Å². The first-order chi connectivity index (χ1) is 8.08. The van der Waals surface area contributed by atoms with E-state index in [0.29, 0.717) is 17.7 Å². The summed E-state index contributed by atoms with van der Waals surface area (Å²) in [5, 5.41) is 8.14. The van der Waals surface area contributed by atoms with E-state index in [9.17, 15) is 0 Å². The summed E-state index contributed by atoms with van der Waals surface area (Å²) in [4.78, 5) is 0. The highest BCUT2D eigenvalue weighted by atomic mass is 16.4. The Kier molecular flexibility index (Phi) is 3.27. The molecule has 17 heavy (non-hydrogen) atoms. The Bertz CT molecular complexity index is 500. The Hall–Kier alpha value is -1.64. The van der Waals surface area contributed by atoms with Gasteiger partial charge in [-0.05, 0) is 23.6 Å². The number of hydrogen-bond acceptors (Lipinski definition) is 3. The zero-order chi connectivity index (χ0) is 12.4. The molecule has 1 heterocycles. The lowest BCUT2D eigenvalue weighted by Gasteiger charge is -2.05. The minimum absolute atomic E-state index is 0.268. The van der Waals surface area contributed by atoms with Crippen molar-refractivity contribution in [3.63, 3.8) is 0 Å². The molecule has 0 amide bonds. The van der Waals surface area contributed by atoms with Gasteiger partial charge < -0.3 is 4.42 Å². The van der Waals surface area contributed by atoms with Gasteiger partial charge in [-0.3, -0.25) is 0 Å². The molecule has 1 aromatic heterocycles. The fourth-order valence-electron chi connectivity index (χ4n) is 1.62. The number of rotatable bonds is 3. The predicted molar refractivity (Wildman–Crippen MR) is 67.9 cm³/mol. The Labute approximate surface area is 102 Å². The molecule has 0 saturated heterocycles. The average molecular weight is 230 g/mol. The van der Waals surface area contributed by atoms with Crippen LogP contribution in [0.3, 0.4) is 0 Å². The molecule has 0 spiro atoms. The maximum absolute atomic E-state index is 5.64. The molecule has 0 fully saturated rings. The summed E-state index contributed by atoms with van der Waals surface area (Å²) in [6.45, 7) is 8.43. The van der Waals surface area contributed by atoms with E-state index < -0.39 is 0 Å². The van der Waals surface area contributed by atoms with Gasteiger partial charge in [0.15, 0.2) is 0 Å². The van der Waals surface area contributed by atoms with Crippen molar-refractivity contribution in [3.05, 3.63) is 35.7 Å². The lowest BCUT2D eigenvalue weighted by Crippen LogP contribution is -1.87. The van der Waals surface area contributed by atoms with E-state index in [1.807, 2.05) is 26.0 Å². The van der Waals surface area contributed by atoms with Crippen LogP contribution in [0.4, 0.5) is 0 Å². The van der Waals surface area contributed by atoms with E-state index in [0.717, 1.165) is 5.56 Å². The zero-order valence-electron chi connectivity index (χ0n) is 10.8. The molecular weight excluding hydrogens is 212 g/mol. The first-order valence-corrected chi connectivity index (χ1v) is 6.01. The van der Waals surface area contributed by atoms with Crippen molar-refractivity contribution in [2.45, 2.75) is 39.5 Å². The molecule has 0 atom stereocenters. The largest absolute Gasteiger partial charge is 0.420 e. The number of benzene rings is 1. The van der Waals surface area contributed by atoms with E-state index in [1.165, 1.54) is 5.56 Å². The van der Waals surface area contributed by atoms with Crippen molar-refractivity contribution in [1.29, 1.82) is 0 Å². The van der Waals surface area contributed by atoms with Gasteiger partial charge in [-0.25, -0.2) is 0 Å². The fourth-order valence-corrected chi connectivity index (χ4v) is 1.62. The van der Waals surface area contributed by atoms with E-state index in [2.05, 4.69) is 36.2 Å². The summed E-state index contributed by atoms with van der Waals surface area (Å²) in [6.07, 6.45) is 0. The zero-order valence-corrected chi connectivity index (χ0v) is 10.8. The van der Waals surface area contributed by atoms with Crippen LogP contribution < -0.4 is 0 Å². The molecule has 0 N–H and O–H groups in total. The molecule has 0 aliphatic rings. The summed E-state index contributed by atoms with van der Waals surface area (Å²) in [5.41, 5.74) is 2.28. The Morgan fingerprint density at radius 3 is 2.35 bits per heavy atom. The number of aromatic nitrogens is 2. The molecule has 0 aliphatic carbocycles. The van der Waals surface area contributed by atoms with Crippen LogP contribution in [0.25, 0.3) is 11.5 Å². The normalized spacial score (nSPS) is 11.4. The van der Waals surface area contributed by atoms with Crippen LogP contribution in [0.5, 0.6) is 0 Å². The van der Waals surface area contributed by atoms with Crippen LogP contribution in [0.1, 0.15) is 51.0 Å². The van der Waals surface area contributed by atoms with E-state index in [4.69, 9.17) is 4.42 Å². The maximum Gasteiger partial charge on any atom is 0.247 e. The Balaban J connectivity index is 2.35. The van der Waals surface area contributed by atoms with Crippen molar-refractivity contribution >= 4 is 0 Å². The van der Waals surface area contributed by atoms with Crippen LogP contribution in [-0.4, -0.2) is 10.2 Å². The monoisotopic (exact) mass is 230 g/mol. The molecule has 3 heteroatoms. The molecule has 2 rings (SSSR count). The van der Waals surface area contributed by atoms with Crippen molar-refractivity contribution in [2.24, 2.45) is 0 Å². The lowest BCUT2D eigenvalue weighted by atomic mass is 10.0. The van der Waals surface area contributed by atoms with Gasteiger partial charge in [-0.15, -0.1) is 10.2 Å². The molecule has 3 nitrogen and oxygen atoms in total. The predicted octanol–water partition coefficient (Wildman–Crippen LogP) is 3.98. The topological polar surface area (TPSA) is 38.9 Å². The minimum Gasteiger partial charge on any atom is -0.420 e. The molecule has 90 valence electrons. The minimum atomic E-state index is 0.268. The summed E-state index contributed by atoms with van der Waals surface area (Å²) in [7, 11) is 0. The number of hydrogen-bond donors (Lipinski definition) is 0. The molecule has 0 bridgehead atoms. The standard InChI is InChI=1S/C14H18N2O/c1-9(2)11-6-5-7-12(8-11)14-16-15-13(17-14)10(3)4/h5-10H,1-4H3. The third-order valence-corrected chi connectivity index (χ3v) is 2.73. The summed E-state index contributed by atoms with van der Waals surface area (Å²) >= 11 is 0. The van der Waals surface area contributed by atoms with Crippen LogP contribution in [0, 0.1) is 0 Å². The smallest absolute Gasteiger partial charge is 0.247 e. The van der Waals surface area contributed by atoms with E-state index in [-0.39, 0.29) is 5.92 Å². The van der Waals surface area contributed by atoms with Gasteiger partial charge in [-0.1, -0.05) is 39.8 Å². The van der Waals surface area contributed by atoms with Gasteiger partial charge in [0.05, 0.1) is 0 Å². The SMILES string of the molecule is CC(C)c1cccc(-c2nnc(C(C)C)o2)c1. The fraction of sp³-hybridized carbons (Fsp3) is 0.429. The third-order valence-electron chi connectivity index (χ3n) is 2.73. The Morgan fingerprint density at radius 1 is 1.00 bits per heavy atom. The second-order valence-corrected chi connectivity index (χ2v) is 4.88. The van der Waals surface area contributed by atoms with Crippen molar-refractivity contribution in [1.82, 2.24) is 10.2 Å². The first-order valence-electron chi connectivity index (χ1n) is 6.01. The summed E-state index contributed by atoms with van der Waals surface area (Å²) in [5.74, 6) is 2.07.